The molecule has 1 aliphatic heterocycles. The molecular formula is C21H22N4O3S. The molecule has 1 aliphatic rings. The van der Waals surface area contributed by atoms with Crippen molar-refractivity contribution in [3.05, 3.63) is 58.5 Å². The summed E-state index contributed by atoms with van der Waals surface area (Å²) in [6.45, 7) is 3.11. The van der Waals surface area contributed by atoms with Gasteiger partial charge < -0.3 is 10.1 Å². The zero-order valence-corrected chi connectivity index (χ0v) is 16.9. The molecule has 0 radical (unpaired) electrons. The molecule has 1 N–H and O–H groups in total. The van der Waals surface area contributed by atoms with E-state index < -0.39 is 0 Å². The number of carbonyl (C=O) groups is 1. The minimum atomic E-state index is -0.153. The van der Waals surface area contributed by atoms with Gasteiger partial charge in [-0.1, -0.05) is 23.9 Å². The highest BCUT2D eigenvalue weighted by atomic mass is 32.2. The van der Waals surface area contributed by atoms with Crippen molar-refractivity contribution in [1.82, 2.24) is 14.5 Å². The molecule has 1 fully saturated rings. The number of thioether (sulfide) groups is 1. The van der Waals surface area contributed by atoms with Crippen LogP contribution >= 0.6 is 11.8 Å². The normalized spacial score (nSPS) is 16.2. The van der Waals surface area contributed by atoms with Crippen LogP contribution in [0, 0.1) is 6.92 Å². The molecule has 0 spiro atoms. The summed E-state index contributed by atoms with van der Waals surface area (Å²) in [7, 11) is 0. The number of pyridine rings is 1. The second-order valence-corrected chi connectivity index (χ2v) is 7.97. The molecule has 0 saturated carbocycles. The van der Waals surface area contributed by atoms with E-state index >= 15 is 0 Å². The molecule has 8 heteroatoms. The second-order valence-electron chi connectivity index (χ2n) is 7.03. The van der Waals surface area contributed by atoms with E-state index in [0.717, 1.165) is 24.1 Å². The van der Waals surface area contributed by atoms with Gasteiger partial charge in [-0.2, -0.15) is 0 Å². The van der Waals surface area contributed by atoms with Crippen LogP contribution in [0.2, 0.25) is 0 Å². The van der Waals surface area contributed by atoms with Crippen LogP contribution in [-0.2, 0) is 16.1 Å². The lowest BCUT2D eigenvalue weighted by molar-refractivity contribution is -0.113. The molecule has 1 amide bonds. The van der Waals surface area contributed by atoms with Crippen molar-refractivity contribution in [1.29, 1.82) is 0 Å². The van der Waals surface area contributed by atoms with Crippen molar-refractivity contribution in [2.75, 3.05) is 17.7 Å². The summed E-state index contributed by atoms with van der Waals surface area (Å²) in [5.74, 6) is -0.0100. The quantitative estimate of drug-likeness (QED) is 0.497. The van der Waals surface area contributed by atoms with Gasteiger partial charge >= 0.3 is 0 Å². The second kappa shape index (κ2) is 8.75. The molecule has 7 nitrogen and oxygen atoms in total. The molecule has 0 aliphatic carbocycles. The first-order valence-corrected chi connectivity index (χ1v) is 10.6. The molecule has 2 aromatic heterocycles. The number of hydrogen-bond acceptors (Lipinski definition) is 6. The van der Waals surface area contributed by atoms with Crippen LogP contribution in [0.1, 0.15) is 18.4 Å². The fourth-order valence-electron chi connectivity index (χ4n) is 3.35. The number of amides is 1. The Morgan fingerprint density at radius 3 is 3.03 bits per heavy atom. The third kappa shape index (κ3) is 4.65. The van der Waals surface area contributed by atoms with Crippen molar-refractivity contribution in [2.24, 2.45) is 0 Å². The lowest BCUT2D eigenvalue weighted by Crippen LogP contribution is -2.29. The number of rotatable bonds is 6. The predicted octanol–water partition coefficient (Wildman–Crippen LogP) is 3.01. The van der Waals surface area contributed by atoms with E-state index in [9.17, 15) is 9.59 Å². The molecule has 150 valence electrons. The number of carbonyl (C=O) groups excluding carboxylic acids is 1. The number of ether oxygens (including phenoxy) is 1. The van der Waals surface area contributed by atoms with E-state index in [1.807, 2.05) is 31.2 Å². The Kier molecular flexibility index (Phi) is 5.92. The molecule has 1 unspecified atom stereocenters. The summed E-state index contributed by atoms with van der Waals surface area (Å²) < 4.78 is 7.32. The van der Waals surface area contributed by atoms with E-state index in [0.29, 0.717) is 29.3 Å². The zero-order chi connectivity index (χ0) is 20.2. The van der Waals surface area contributed by atoms with Gasteiger partial charge in [0.05, 0.1) is 23.8 Å². The Labute approximate surface area is 172 Å². The zero-order valence-electron chi connectivity index (χ0n) is 16.1. The summed E-state index contributed by atoms with van der Waals surface area (Å²) in [4.78, 5) is 34.2. The van der Waals surface area contributed by atoms with Gasteiger partial charge in [-0.25, -0.2) is 9.97 Å². The molecule has 3 aromatic rings. The first-order valence-electron chi connectivity index (χ1n) is 9.56. The number of hydrogen-bond donors (Lipinski definition) is 1. The maximum Gasteiger partial charge on any atom is 0.263 e. The lowest BCUT2D eigenvalue weighted by Gasteiger charge is -2.16. The third-order valence-corrected chi connectivity index (χ3v) is 5.72. The van der Waals surface area contributed by atoms with Gasteiger partial charge in [0.1, 0.15) is 0 Å². The molecule has 1 aromatic carbocycles. The third-order valence-electron chi connectivity index (χ3n) is 4.74. The largest absolute Gasteiger partial charge is 0.376 e. The van der Waals surface area contributed by atoms with Crippen LogP contribution in [-0.4, -0.2) is 38.9 Å². The van der Waals surface area contributed by atoms with Crippen LogP contribution < -0.4 is 10.9 Å². The maximum absolute atomic E-state index is 13.0. The van der Waals surface area contributed by atoms with Gasteiger partial charge in [0, 0.05) is 18.5 Å². The number of anilines is 1. The van der Waals surface area contributed by atoms with Gasteiger partial charge in [-0.15, -0.1) is 0 Å². The number of benzene rings is 1. The summed E-state index contributed by atoms with van der Waals surface area (Å²) in [6, 6.07) is 11.1. The topological polar surface area (TPSA) is 86.1 Å². The highest BCUT2D eigenvalue weighted by Crippen LogP contribution is 2.21. The summed E-state index contributed by atoms with van der Waals surface area (Å²) >= 11 is 1.24. The molecule has 29 heavy (non-hydrogen) atoms. The van der Waals surface area contributed by atoms with Crippen LogP contribution in [0.3, 0.4) is 0 Å². The van der Waals surface area contributed by atoms with E-state index in [-0.39, 0.29) is 23.3 Å². The molecular weight excluding hydrogens is 388 g/mol. The van der Waals surface area contributed by atoms with E-state index in [2.05, 4.69) is 15.3 Å². The van der Waals surface area contributed by atoms with E-state index in [1.54, 1.807) is 22.9 Å². The number of nitrogens with zero attached hydrogens (tertiary/aromatic N) is 3. The number of aryl methyl sites for hydroxylation is 1. The first-order chi connectivity index (χ1) is 14.1. The molecule has 0 bridgehead atoms. The highest BCUT2D eigenvalue weighted by molar-refractivity contribution is 7.99. The highest BCUT2D eigenvalue weighted by Gasteiger charge is 2.21. The SMILES string of the molecule is Cc1cccc(NC(=O)CSc2nc3ncccc3c(=O)n2CC2CCCO2)c1. The van der Waals surface area contributed by atoms with Crippen LogP contribution in [0.4, 0.5) is 5.69 Å². The van der Waals surface area contributed by atoms with Crippen LogP contribution in [0.15, 0.2) is 52.5 Å². The fraction of sp³-hybridized carbons (Fsp3) is 0.333. The summed E-state index contributed by atoms with van der Waals surface area (Å²) in [5, 5.41) is 3.84. The Balaban J connectivity index is 1.56. The van der Waals surface area contributed by atoms with Crippen molar-refractivity contribution in [3.8, 4) is 0 Å². The molecule has 3 heterocycles. The summed E-state index contributed by atoms with van der Waals surface area (Å²) in [6.07, 6.45) is 3.50. The minimum absolute atomic E-state index is 0.0101. The fourth-order valence-corrected chi connectivity index (χ4v) is 4.15. The summed E-state index contributed by atoms with van der Waals surface area (Å²) in [5.41, 5.74) is 2.06. The first kappa shape index (κ1) is 19.6. The van der Waals surface area contributed by atoms with Crippen molar-refractivity contribution < 1.29 is 9.53 Å². The van der Waals surface area contributed by atoms with Crippen LogP contribution in [0.5, 0.6) is 0 Å². The number of aromatic nitrogens is 3. The standard InChI is InChI=1S/C21H22N4O3S/c1-14-5-2-6-15(11-14)23-18(26)13-29-21-24-19-17(8-3-9-22-19)20(27)25(21)12-16-7-4-10-28-16/h2-3,5-6,8-9,11,16H,4,7,10,12-13H2,1H3,(H,23,26). The predicted molar refractivity (Wildman–Crippen MR) is 113 cm³/mol. The average Bonchev–Trinajstić information content (AvgIpc) is 3.22. The van der Waals surface area contributed by atoms with Crippen LogP contribution in [0.25, 0.3) is 11.0 Å². The number of fused-ring (bicyclic) bond motifs is 1. The Hall–Kier alpha value is -2.71. The lowest BCUT2D eigenvalue weighted by atomic mass is 10.2. The van der Waals surface area contributed by atoms with E-state index in [1.165, 1.54) is 11.8 Å². The van der Waals surface area contributed by atoms with E-state index in [4.69, 9.17) is 4.74 Å². The van der Waals surface area contributed by atoms with Gasteiger partial charge in [0.2, 0.25) is 5.91 Å². The maximum atomic E-state index is 13.0. The van der Waals surface area contributed by atoms with Gasteiger partial charge in [-0.05, 0) is 49.6 Å². The van der Waals surface area contributed by atoms with Gasteiger partial charge in [0.15, 0.2) is 10.8 Å². The minimum Gasteiger partial charge on any atom is -0.376 e. The van der Waals surface area contributed by atoms with Crippen molar-refractivity contribution in [2.45, 2.75) is 37.6 Å². The number of nitrogens with one attached hydrogen (secondary N) is 1. The monoisotopic (exact) mass is 410 g/mol. The Bertz CT molecular complexity index is 1090. The van der Waals surface area contributed by atoms with Gasteiger partial charge in [-0.3, -0.25) is 14.2 Å². The molecule has 4 rings (SSSR count). The van der Waals surface area contributed by atoms with Gasteiger partial charge in [0.25, 0.3) is 5.56 Å². The average molecular weight is 410 g/mol. The Morgan fingerprint density at radius 1 is 1.34 bits per heavy atom. The van der Waals surface area contributed by atoms with Crippen molar-refractivity contribution >= 4 is 34.4 Å². The van der Waals surface area contributed by atoms with Crippen molar-refractivity contribution in [3.63, 3.8) is 0 Å². The molecule has 1 atom stereocenters. The molecule has 1 saturated heterocycles. The smallest absolute Gasteiger partial charge is 0.263 e. The Morgan fingerprint density at radius 2 is 2.24 bits per heavy atom.